The van der Waals surface area contributed by atoms with Gasteiger partial charge in [-0.3, -0.25) is 4.79 Å². The minimum atomic E-state index is -0.145. The van der Waals surface area contributed by atoms with Gasteiger partial charge in [-0.1, -0.05) is 13.8 Å². The molecule has 0 aliphatic rings. The third-order valence-corrected chi connectivity index (χ3v) is 2.35. The number of hydrogen-bond acceptors (Lipinski definition) is 3. The van der Waals surface area contributed by atoms with Crippen LogP contribution in [0.4, 0.5) is 0 Å². The second-order valence-corrected chi connectivity index (χ2v) is 3.94. The molecule has 0 aromatic carbocycles. The van der Waals surface area contributed by atoms with E-state index < -0.39 is 0 Å². The smallest absolute Gasteiger partial charge is 0.308 e. The molecule has 2 aromatic rings. The van der Waals surface area contributed by atoms with Crippen molar-refractivity contribution in [3.63, 3.8) is 0 Å². The lowest BCUT2D eigenvalue weighted by molar-refractivity contribution is -0.147. The van der Waals surface area contributed by atoms with Crippen LogP contribution in [0.2, 0.25) is 0 Å². The van der Waals surface area contributed by atoms with E-state index in [2.05, 4.69) is 0 Å². The molecule has 2 heterocycles. The molecule has 0 saturated heterocycles. The van der Waals surface area contributed by atoms with Gasteiger partial charge in [0.1, 0.15) is 11.2 Å². The zero-order chi connectivity index (χ0) is 10.8. The Bertz CT molecular complexity index is 442. The summed E-state index contributed by atoms with van der Waals surface area (Å²) in [5, 5.41) is 0. The largest absolute Gasteiger partial charge is 0.465 e. The summed E-state index contributed by atoms with van der Waals surface area (Å²) in [6.45, 7) is 4.09. The number of furan rings is 2. The van der Waals surface area contributed by atoms with Crippen LogP contribution in [0, 0.1) is 5.92 Å². The van der Waals surface area contributed by atoms with Crippen LogP contribution in [-0.4, -0.2) is 12.6 Å². The monoisotopic (exact) mass is 206 g/mol. The van der Waals surface area contributed by atoms with Gasteiger partial charge in [0.2, 0.25) is 0 Å². The van der Waals surface area contributed by atoms with E-state index in [9.17, 15) is 4.79 Å². The molecule has 80 valence electrons. The number of fused-ring (bicyclic) bond motifs is 2. The van der Waals surface area contributed by atoms with Crippen molar-refractivity contribution < 1.29 is 13.9 Å². The first-order valence-electron chi connectivity index (χ1n) is 5.14. The molecule has 15 heavy (non-hydrogen) atoms. The number of rotatable bonds is 4. The van der Waals surface area contributed by atoms with Crippen molar-refractivity contribution in [1.82, 2.24) is 0 Å². The van der Waals surface area contributed by atoms with Crippen LogP contribution < -0.4 is 0 Å². The van der Waals surface area contributed by atoms with Crippen LogP contribution in [-0.2, 0) is 16.0 Å². The molecule has 0 radical (unpaired) electrons. The highest BCUT2D eigenvalue weighted by atomic mass is 16.5. The van der Waals surface area contributed by atoms with Crippen molar-refractivity contribution in [2.45, 2.75) is 20.3 Å². The summed E-state index contributed by atoms with van der Waals surface area (Å²) in [5.41, 5.74) is 2.89. The van der Waals surface area contributed by atoms with E-state index in [-0.39, 0.29) is 11.9 Å². The minimum absolute atomic E-state index is 0.0582. The zero-order valence-electron chi connectivity index (χ0n) is 8.95. The molecule has 3 heteroatoms. The standard InChI is InChI=1S/C12H14O3/c1-8(2)12(13)14-6-5-9-7-10-3-4-11(9)15-10/h3-4,7-8H,5-6H2,1-2H3. The predicted octanol–water partition coefficient (Wildman–Crippen LogP) is 2.61. The fourth-order valence-electron chi connectivity index (χ4n) is 1.47. The average Bonchev–Trinajstić information content (AvgIpc) is 2.78. The fourth-order valence-corrected chi connectivity index (χ4v) is 1.47. The molecule has 0 aliphatic carbocycles. The van der Waals surface area contributed by atoms with Gasteiger partial charge in [0.25, 0.3) is 0 Å². The molecule has 0 atom stereocenters. The van der Waals surface area contributed by atoms with Gasteiger partial charge in [0.05, 0.1) is 12.5 Å². The van der Waals surface area contributed by atoms with Gasteiger partial charge in [-0.25, -0.2) is 0 Å². The summed E-state index contributed by atoms with van der Waals surface area (Å²) in [7, 11) is 0. The van der Waals surface area contributed by atoms with Crippen LogP contribution >= 0.6 is 0 Å². The van der Waals surface area contributed by atoms with Gasteiger partial charge in [-0.05, 0) is 18.2 Å². The minimum Gasteiger partial charge on any atom is -0.465 e. The van der Waals surface area contributed by atoms with Gasteiger partial charge >= 0.3 is 5.97 Å². The highest BCUT2D eigenvalue weighted by Gasteiger charge is 2.10. The Labute approximate surface area is 88.4 Å². The van der Waals surface area contributed by atoms with Crippen molar-refractivity contribution in [3.05, 3.63) is 23.8 Å². The lowest BCUT2D eigenvalue weighted by atomic mass is 10.2. The Morgan fingerprint density at radius 2 is 2.27 bits per heavy atom. The fraction of sp³-hybridized carbons (Fsp3) is 0.417. The van der Waals surface area contributed by atoms with Crippen LogP contribution in [0.3, 0.4) is 0 Å². The first-order valence-corrected chi connectivity index (χ1v) is 5.14. The number of hydrogen-bond donors (Lipinski definition) is 0. The van der Waals surface area contributed by atoms with Gasteiger partial charge in [-0.15, -0.1) is 0 Å². The first-order chi connectivity index (χ1) is 7.16. The molecule has 0 N–H and O–H groups in total. The molecule has 2 bridgehead atoms. The molecule has 2 aromatic heterocycles. The zero-order valence-corrected chi connectivity index (χ0v) is 8.95. The van der Waals surface area contributed by atoms with Crippen LogP contribution in [0.15, 0.2) is 22.6 Å². The molecule has 0 aliphatic heterocycles. The maximum absolute atomic E-state index is 11.2. The van der Waals surface area contributed by atoms with Gasteiger partial charge in [0.15, 0.2) is 0 Å². The van der Waals surface area contributed by atoms with E-state index in [4.69, 9.17) is 9.15 Å². The van der Waals surface area contributed by atoms with E-state index in [1.807, 2.05) is 32.0 Å². The lowest BCUT2D eigenvalue weighted by Gasteiger charge is -2.05. The molecule has 2 rings (SSSR count). The summed E-state index contributed by atoms with van der Waals surface area (Å²) >= 11 is 0. The van der Waals surface area contributed by atoms with Crippen molar-refractivity contribution in [2.24, 2.45) is 5.92 Å². The summed E-state index contributed by atoms with van der Waals surface area (Å²) in [6.07, 6.45) is 0.724. The normalized spacial score (nSPS) is 11.4. The molecular formula is C12H14O3. The van der Waals surface area contributed by atoms with Crippen LogP contribution in [0.5, 0.6) is 0 Å². The van der Waals surface area contributed by atoms with Crippen molar-refractivity contribution in [1.29, 1.82) is 0 Å². The van der Waals surface area contributed by atoms with Crippen LogP contribution in [0.25, 0.3) is 11.2 Å². The molecule has 0 unspecified atom stereocenters. The van der Waals surface area contributed by atoms with Gasteiger partial charge in [-0.2, -0.15) is 0 Å². The van der Waals surface area contributed by atoms with Gasteiger partial charge < -0.3 is 9.15 Å². The molecular weight excluding hydrogens is 192 g/mol. The third-order valence-electron chi connectivity index (χ3n) is 2.35. The number of carbonyl (C=O) groups excluding carboxylic acids is 1. The van der Waals surface area contributed by atoms with Gasteiger partial charge in [0, 0.05) is 12.0 Å². The molecule has 0 amide bonds. The Morgan fingerprint density at radius 1 is 1.47 bits per heavy atom. The van der Waals surface area contributed by atoms with Crippen molar-refractivity contribution in [2.75, 3.05) is 6.61 Å². The van der Waals surface area contributed by atoms with Crippen LogP contribution in [0.1, 0.15) is 19.4 Å². The quantitative estimate of drug-likeness (QED) is 0.722. The van der Waals surface area contributed by atoms with Crippen molar-refractivity contribution in [3.8, 4) is 0 Å². The Morgan fingerprint density at radius 3 is 2.80 bits per heavy atom. The summed E-state index contributed by atoms with van der Waals surface area (Å²) in [5.74, 6) is -0.204. The molecule has 3 nitrogen and oxygen atoms in total. The molecule has 0 fully saturated rings. The topological polar surface area (TPSA) is 39.4 Å². The second kappa shape index (κ2) is 3.93. The predicted molar refractivity (Wildman–Crippen MR) is 56.9 cm³/mol. The van der Waals surface area contributed by atoms with E-state index in [1.165, 1.54) is 0 Å². The number of esters is 1. The molecule has 0 spiro atoms. The molecule has 0 saturated carbocycles. The van der Waals surface area contributed by atoms with Crippen molar-refractivity contribution >= 4 is 17.1 Å². The Kier molecular flexibility index (Phi) is 2.62. The SMILES string of the molecule is CC(C)C(=O)OCCc1cc2ccc1o2. The average molecular weight is 206 g/mol. The number of ether oxygens (including phenoxy) is 1. The Balaban J connectivity index is 1.84. The Hall–Kier alpha value is -1.51. The first kappa shape index (κ1) is 10.0. The summed E-state index contributed by atoms with van der Waals surface area (Å²) in [4.78, 5) is 11.2. The van der Waals surface area contributed by atoms with E-state index in [0.717, 1.165) is 23.2 Å². The van der Waals surface area contributed by atoms with E-state index >= 15 is 0 Å². The lowest BCUT2D eigenvalue weighted by Crippen LogP contribution is -2.13. The number of benzene rings is 1. The second-order valence-electron chi connectivity index (χ2n) is 3.94. The number of carbonyl (C=O) groups is 1. The highest BCUT2D eigenvalue weighted by molar-refractivity contribution is 5.71. The summed E-state index contributed by atoms with van der Waals surface area (Å²) in [6, 6.07) is 5.85. The highest BCUT2D eigenvalue weighted by Crippen LogP contribution is 2.22. The van der Waals surface area contributed by atoms with E-state index in [0.29, 0.717) is 6.61 Å². The van der Waals surface area contributed by atoms with E-state index in [1.54, 1.807) is 0 Å². The maximum Gasteiger partial charge on any atom is 0.308 e. The third kappa shape index (κ3) is 2.12. The summed E-state index contributed by atoms with van der Waals surface area (Å²) < 4.78 is 10.5. The maximum atomic E-state index is 11.2.